The van der Waals surface area contributed by atoms with Gasteiger partial charge in [-0.2, -0.15) is 4.98 Å². The summed E-state index contributed by atoms with van der Waals surface area (Å²) in [5.41, 5.74) is 0.543. The third kappa shape index (κ3) is 3.81. The highest BCUT2D eigenvalue weighted by molar-refractivity contribution is 6.31. The normalized spacial score (nSPS) is 10.8. The van der Waals surface area contributed by atoms with Crippen molar-refractivity contribution in [2.45, 2.75) is 20.5 Å². The summed E-state index contributed by atoms with van der Waals surface area (Å²) in [6, 6.07) is 7.21. The van der Waals surface area contributed by atoms with Crippen LogP contribution in [-0.2, 0) is 6.61 Å². The summed E-state index contributed by atoms with van der Waals surface area (Å²) >= 11 is 11.9. The van der Waals surface area contributed by atoms with Crippen molar-refractivity contribution in [1.29, 1.82) is 0 Å². The van der Waals surface area contributed by atoms with Crippen molar-refractivity contribution in [1.82, 2.24) is 14.5 Å². The fourth-order valence-electron chi connectivity index (χ4n) is 2.63. The SMILES string of the molecule is COc1ccc(COc2nc(C)n(-c3c(C)cnc(Cl)c3F)c(=O)c2Cl)cc1. The first-order chi connectivity index (χ1) is 13.3. The van der Waals surface area contributed by atoms with Crippen LogP contribution in [0.5, 0.6) is 11.6 Å². The van der Waals surface area contributed by atoms with Crippen LogP contribution < -0.4 is 15.0 Å². The lowest BCUT2D eigenvalue weighted by atomic mass is 10.2. The number of hydrogen-bond donors (Lipinski definition) is 0. The van der Waals surface area contributed by atoms with Crippen molar-refractivity contribution in [3.8, 4) is 17.3 Å². The number of aromatic nitrogens is 3. The van der Waals surface area contributed by atoms with Gasteiger partial charge in [-0.25, -0.2) is 9.37 Å². The molecule has 3 aromatic rings. The van der Waals surface area contributed by atoms with E-state index in [0.717, 1.165) is 10.1 Å². The maximum atomic E-state index is 14.5. The van der Waals surface area contributed by atoms with Gasteiger partial charge in [-0.3, -0.25) is 9.36 Å². The van der Waals surface area contributed by atoms with Gasteiger partial charge >= 0.3 is 0 Å². The molecule has 0 fully saturated rings. The summed E-state index contributed by atoms with van der Waals surface area (Å²) in [6.45, 7) is 3.30. The fourth-order valence-corrected chi connectivity index (χ4v) is 2.95. The number of rotatable bonds is 5. The molecule has 1 aromatic carbocycles. The van der Waals surface area contributed by atoms with E-state index in [4.69, 9.17) is 32.7 Å². The number of methoxy groups -OCH3 is 1. The summed E-state index contributed by atoms with van der Waals surface area (Å²) in [7, 11) is 1.58. The Morgan fingerprint density at radius 3 is 2.50 bits per heavy atom. The summed E-state index contributed by atoms with van der Waals surface area (Å²) in [5.74, 6) is 0.0567. The van der Waals surface area contributed by atoms with E-state index in [-0.39, 0.29) is 34.2 Å². The predicted octanol–water partition coefficient (Wildman–Crippen LogP) is 4.28. The number of benzene rings is 1. The Bertz CT molecular complexity index is 1090. The van der Waals surface area contributed by atoms with Crippen molar-refractivity contribution >= 4 is 23.2 Å². The molecule has 0 amide bonds. The lowest BCUT2D eigenvalue weighted by molar-refractivity contribution is 0.291. The Labute approximate surface area is 170 Å². The zero-order chi connectivity index (χ0) is 20.4. The van der Waals surface area contributed by atoms with Crippen molar-refractivity contribution in [2.24, 2.45) is 0 Å². The third-order valence-electron chi connectivity index (χ3n) is 4.06. The topological polar surface area (TPSA) is 66.2 Å². The molecule has 0 aliphatic carbocycles. The standard InChI is InChI=1S/C19H16Cl2FN3O3/c1-10-8-23-17(21)15(22)16(10)25-11(2)24-18(14(20)19(25)26)28-9-12-4-6-13(27-3)7-5-12/h4-8H,9H2,1-3H3. The van der Waals surface area contributed by atoms with Gasteiger partial charge in [0.1, 0.15) is 18.2 Å². The van der Waals surface area contributed by atoms with E-state index < -0.39 is 11.4 Å². The largest absolute Gasteiger partial charge is 0.497 e. The van der Waals surface area contributed by atoms with Crippen molar-refractivity contribution in [3.63, 3.8) is 0 Å². The molecule has 6 nitrogen and oxygen atoms in total. The number of hydrogen-bond acceptors (Lipinski definition) is 5. The molecule has 0 spiro atoms. The Morgan fingerprint density at radius 1 is 1.18 bits per heavy atom. The molecule has 0 unspecified atom stereocenters. The molecule has 0 saturated carbocycles. The average molecular weight is 424 g/mol. The molecular weight excluding hydrogens is 408 g/mol. The zero-order valence-corrected chi connectivity index (χ0v) is 16.8. The minimum absolute atomic E-state index is 0.0329. The fraction of sp³-hybridized carbons (Fsp3) is 0.211. The smallest absolute Gasteiger partial charge is 0.280 e. The summed E-state index contributed by atoms with van der Waals surface area (Å²) in [6.07, 6.45) is 1.37. The molecule has 0 atom stereocenters. The highest BCUT2D eigenvalue weighted by Gasteiger charge is 2.21. The minimum Gasteiger partial charge on any atom is -0.497 e. The van der Waals surface area contributed by atoms with Crippen LogP contribution in [0.2, 0.25) is 10.2 Å². The molecule has 2 heterocycles. The first kappa shape index (κ1) is 20.1. The van der Waals surface area contributed by atoms with Crippen LogP contribution >= 0.6 is 23.2 Å². The Hall–Kier alpha value is -2.64. The van der Waals surface area contributed by atoms with E-state index in [1.165, 1.54) is 6.20 Å². The second kappa shape index (κ2) is 8.16. The first-order valence-corrected chi connectivity index (χ1v) is 8.95. The zero-order valence-electron chi connectivity index (χ0n) is 15.3. The van der Waals surface area contributed by atoms with Crippen molar-refractivity contribution in [2.75, 3.05) is 7.11 Å². The molecule has 0 N–H and O–H groups in total. The molecule has 2 aromatic heterocycles. The van der Waals surface area contributed by atoms with Gasteiger partial charge in [0.05, 0.1) is 12.8 Å². The first-order valence-electron chi connectivity index (χ1n) is 8.19. The third-order valence-corrected chi connectivity index (χ3v) is 4.64. The highest BCUT2D eigenvalue weighted by atomic mass is 35.5. The van der Waals surface area contributed by atoms with Gasteiger partial charge < -0.3 is 9.47 Å². The molecule has 28 heavy (non-hydrogen) atoms. The molecule has 0 saturated heterocycles. The van der Waals surface area contributed by atoms with Crippen LogP contribution in [0.1, 0.15) is 17.0 Å². The van der Waals surface area contributed by atoms with E-state index in [2.05, 4.69) is 9.97 Å². The molecule has 146 valence electrons. The minimum atomic E-state index is -0.823. The summed E-state index contributed by atoms with van der Waals surface area (Å²) < 4.78 is 26.3. The van der Waals surface area contributed by atoms with Crippen molar-refractivity contribution in [3.05, 3.63) is 73.8 Å². The predicted molar refractivity (Wildman–Crippen MR) is 104 cm³/mol. The molecule has 9 heteroatoms. The van der Waals surface area contributed by atoms with E-state index in [9.17, 15) is 9.18 Å². The Balaban J connectivity index is 1.97. The molecule has 0 bridgehead atoms. The van der Waals surface area contributed by atoms with Gasteiger partial charge in [-0.15, -0.1) is 0 Å². The quantitative estimate of drug-likeness (QED) is 0.573. The Morgan fingerprint density at radius 2 is 1.86 bits per heavy atom. The Kier molecular flexibility index (Phi) is 5.86. The summed E-state index contributed by atoms with van der Waals surface area (Å²) in [5, 5.41) is -0.603. The van der Waals surface area contributed by atoms with Crippen LogP contribution in [0.15, 0.2) is 35.3 Å². The van der Waals surface area contributed by atoms with E-state index in [1.54, 1.807) is 33.1 Å². The van der Waals surface area contributed by atoms with Gasteiger partial charge in [0, 0.05) is 6.20 Å². The molecule has 3 rings (SSSR count). The highest BCUT2D eigenvalue weighted by Crippen LogP contribution is 2.26. The second-order valence-corrected chi connectivity index (χ2v) is 6.69. The number of halogens is 3. The number of ether oxygens (including phenoxy) is 2. The van der Waals surface area contributed by atoms with E-state index >= 15 is 0 Å². The van der Waals surface area contributed by atoms with E-state index in [0.29, 0.717) is 11.3 Å². The van der Waals surface area contributed by atoms with Crippen LogP contribution in [-0.4, -0.2) is 21.6 Å². The van der Waals surface area contributed by atoms with Crippen LogP contribution in [0.4, 0.5) is 4.39 Å². The monoisotopic (exact) mass is 423 g/mol. The molecular formula is C19H16Cl2FN3O3. The number of aryl methyl sites for hydroxylation is 2. The van der Waals surface area contributed by atoms with Gasteiger partial charge in [0.2, 0.25) is 5.88 Å². The summed E-state index contributed by atoms with van der Waals surface area (Å²) in [4.78, 5) is 20.7. The number of nitrogens with zero attached hydrogens (tertiary/aromatic N) is 3. The molecule has 0 radical (unpaired) electrons. The molecule has 0 aliphatic rings. The maximum Gasteiger partial charge on any atom is 0.280 e. The van der Waals surface area contributed by atoms with Crippen molar-refractivity contribution < 1.29 is 13.9 Å². The lowest BCUT2D eigenvalue weighted by Crippen LogP contribution is -2.25. The van der Waals surface area contributed by atoms with Crippen LogP contribution in [0.3, 0.4) is 0 Å². The van der Waals surface area contributed by atoms with E-state index in [1.807, 2.05) is 12.1 Å². The molecule has 0 aliphatic heterocycles. The van der Waals surface area contributed by atoms with Gasteiger partial charge in [-0.1, -0.05) is 35.3 Å². The van der Waals surface area contributed by atoms with Crippen LogP contribution in [0.25, 0.3) is 5.69 Å². The van der Waals surface area contributed by atoms with Crippen LogP contribution in [0, 0.1) is 19.7 Å². The lowest BCUT2D eigenvalue weighted by Gasteiger charge is -2.15. The van der Waals surface area contributed by atoms with Gasteiger partial charge in [0.15, 0.2) is 16.0 Å². The maximum absolute atomic E-state index is 14.5. The van der Waals surface area contributed by atoms with Gasteiger partial charge in [0.25, 0.3) is 5.56 Å². The second-order valence-electron chi connectivity index (χ2n) is 5.95. The number of pyridine rings is 1. The average Bonchev–Trinajstić information content (AvgIpc) is 2.69. The van der Waals surface area contributed by atoms with Gasteiger partial charge in [-0.05, 0) is 37.1 Å².